The standard InChI is InChI=1S/C10H22/c1-8(9(2,3)4)10(5,6)7/h8H,1-7H3. The first-order valence-corrected chi connectivity index (χ1v) is 4.15. The summed E-state index contributed by atoms with van der Waals surface area (Å²) in [7, 11) is 0. The minimum atomic E-state index is 0.443. The van der Waals surface area contributed by atoms with Crippen molar-refractivity contribution in [3.63, 3.8) is 0 Å². The maximum atomic E-state index is 2.33. The summed E-state index contributed by atoms with van der Waals surface area (Å²) >= 11 is 0. The summed E-state index contributed by atoms with van der Waals surface area (Å²) in [5.74, 6) is 0.764. The minimum Gasteiger partial charge on any atom is -0.0615 e. The molecule has 0 N–H and O–H groups in total. The van der Waals surface area contributed by atoms with Crippen LogP contribution in [0.4, 0.5) is 0 Å². The van der Waals surface area contributed by atoms with E-state index in [0.717, 1.165) is 5.92 Å². The monoisotopic (exact) mass is 142 g/mol. The number of hydrogen-bond acceptors (Lipinski definition) is 0. The predicted molar refractivity (Wildman–Crippen MR) is 48.1 cm³/mol. The minimum absolute atomic E-state index is 0.443. The van der Waals surface area contributed by atoms with Gasteiger partial charge >= 0.3 is 0 Å². The summed E-state index contributed by atoms with van der Waals surface area (Å²) in [6.45, 7) is 16.2. The molecule has 0 heterocycles. The Hall–Kier alpha value is 0. The third-order valence-electron chi connectivity index (χ3n) is 2.60. The Morgan fingerprint density at radius 1 is 0.700 bits per heavy atom. The van der Waals surface area contributed by atoms with E-state index in [1.54, 1.807) is 0 Å². The summed E-state index contributed by atoms with van der Waals surface area (Å²) < 4.78 is 0. The fraction of sp³-hybridized carbons (Fsp3) is 1.00. The molecule has 10 heavy (non-hydrogen) atoms. The van der Waals surface area contributed by atoms with E-state index in [1.807, 2.05) is 0 Å². The number of hydrogen-bond donors (Lipinski definition) is 0. The highest BCUT2D eigenvalue weighted by Gasteiger charge is 2.30. The van der Waals surface area contributed by atoms with Gasteiger partial charge in [0.25, 0.3) is 0 Å². The van der Waals surface area contributed by atoms with E-state index in [4.69, 9.17) is 0 Å². The molecule has 0 aromatic heterocycles. The van der Waals surface area contributed by atoms with Crippen LogP contribution in [0.25, 0.3) is 0 Å². The Balaban J connectivity index is 4.23. The van der Waals surface area contributed by atoms with Crippen LogP contribution in [0.1, 0.15) is 48.5 Å². The van der Waals surface area contributed by atoms with Crippen LogP contribution in [-0.2, 0) is 0 Å². The molecule has 0 aliphatic rings. The normalized spacial score (nSPS) is 14.4. The maximum Gasteiger partial charge on any atom is -0.0345 e. The summed E-state index contributed by atoms with van der Waals surface area (Å²) in [6, 6.07) is 0. The zero-order valence-electron chi connectivity index (χ0n) is 8.58. The Morgan fingerprint density at radius 3 is 0.900 bits per heavy atom. The van der Waals surface area contributed by atoms with E-state index >= 15 is 0 Å². The Morgan fingerprint density at radius 2 is 0.900 bits per heavy atom. The molecule has 0 atom stereocenters. The van der Waals surface area contributed by atoms with Crippen molar-refractivity contribution in [2.45, 2.75) is 48.5 Å². The van der Waals surface area contributed by atoms with Crippen molar-refractivity contribution in [1.82, 2.24) is 0 Å². The first-order chi connectivity index (χ1) is 4.15. The third kappa shape index (κ3) is 2.72. The highest BCUT2D eigenvalue weighted by atomic mass is 14.4. The molecular weight excluding hydrogens is 120 g/mol. The summed E-state index contributed by atoms with van der Waals surface area (Å²) in [5.41, 5.74) is 0.885. The lowest BCUT2D eigenvalue weighted by Crippen LogP contribution is -2.29. The van der Waals surface area contributed by atoms with Crippen LogP contribution in [0.2, 0.25) is 0 Å². The zero-order chi connectivity index (χ0) is 8.58. The molecule has 0 nitrogen and oxygen atoms in total. The first kappa shape index (κ1) is 10.0. The van der Waals surface area contributed by atoms with E-state index in [2.05, 4.69) is 48.5 Å². The van der Waals surface area contributed by atoms with Gasteiger partial charge in [0.05, 0.1) is 0 Å². The molecule has 0 saturated heterocycles. The van der Waals surface area contributed by atoms with E-state index in [0.29, 0.717) is 10.8 Å². The van der Waals surface area contributed by atoms with E-state index in [9.17, 15) is 0 Å². The van der Waals surface area contributed by atoms with Gasteiger partial charge in [-0.15, -0.1) is 0 Å². The van der Waals surface area contributed by atoms with Gasteiger partial charge in [-0.3, -0.25) is 0 Å². The molecule has 0 bridgehead atoms. The predicted octanol–water partition coefficient (Wildman–Crippen LogP) is 3.71. The van der Waals surface area contributed by atoms with Gasteiger partial charge in [-0.25, -0.2) is 0 Å². The first-order valence-electron chi connectivity index (χ1n) is 4.15. The molecular formula is C10H22. The van der Waals surface area contributed by atoms with Gasteiger partial charge < -0.3 is 0 Å². The molecule has 0 amide bonds. The van der Waals surface area contributed by atoms with Crippen molar-refractivity contribution in [3.05, 3.63) is 0 Å². The van der Waals surface area contributed by atoms with Crippen LogP contribution in [-0.4, -0.2) is 0 Å². The van der Waals surface area contributed by atoms with Gasteiger partial charge in [-0.05, 0) is 16.7 Å². The van der Waals surface area contributed by atoms with Gasteiger partial charge in [-0.1, -0.05) is 48.5 Å². The average molecular weight is 142 g/mol. The fourth-order valence-corrected chi connectivity index (χ4v) is 1.30. The van der Waals surface area contributed by atoms with E-state index in [1.165, 1.54) is 0 Å². The molecule has 0 saturated carbocycles. The molecule has 0 aliphatic carbocycles. The fourth-order valence-electron chi connectivity index (χ4n) is 1.30. The van der Waals surface area contributed by atoms with Gasteiger partial charge in [0.15, 0.2) is 0 Å². The Kier molecular flexibility index (Phi) is 2.56. The second-order valence-electron chi connectivity index (χ2n) is 5.45. The molecule has 0 heteroatoms. The van der Waals surface area contributed by atoms with Crippen LogP contribution in [0.5, 0.6) is 0 Å². The van der Waals surface area contributed by atoms with Crippen LogP contribution in [0, 0.1) is 16.7 Å². The summed E-state index contributed by atoms with van der Waals surface area (Å²) in [4.78, 5) is 0. The lowest BCUT2D eigenvalue weighted by atomic mass is 9.68. The van der Waals surface area contributed by atoms with Gasteiger partial charge in [0, 0.05) is 0 Å². The maximum absolute atomic E-state index is 2.33. The molecule has 62 valence electrons. The second-order valence-corrected chi connectivity index (χ2v) is 5.45. The molecule has 0 fully saturated rings. The third-order valence-corrected chi connectivity index (χ3v) is 2.60. The molecule has 0 aliphatic heterocycles. The quantitative estimate of drug-likeness (QED) is 0.483. The van der Waals surface area contributed by atoms with Crippen molar-refractivity contribution in [3.8, 4) is 0 Å². The van der Waals surface area contributed by atoms with Crippen LogP contribution in [0.15, 0.2) is 0 Å². The Labute approximate surface area is 66.0 Å². The Bertz CT molecular complexity index is 84.2. The van der Waals surface area contributed by atoms with Crippen LogP contribution >= 0.6 is 0 Å². The van der Waals surface area contributed by atoms with Crippen molar-refractivity contribution >= 4 is 0 Å². The van der Waals surface area contributed by atoms with Crippen molar-refractivity contribution in [2.24, 2.45) is 16.7 Å². The van der Waals surface area contributed by atoms with Crippen LogP contribution < -0.4 is 0 Å². The SMILES string of the molecule is CC(C(C)(C)C)C(C)(C)C. The molecule has 0 aromatic carbocycles. The van der Waals surface area contributed by atoms with Gasteiger partial charge in [-0.2, -0.15) is 0 Å². The summed E-state index contributed by atoms with van der Waals surface area (Å²) in [5, 5.41) is 0. The molecule has 0 spiro atoms. The lowest BCUT2D eigenvalue weighted by Gasteiger charge is -2.38. The van der Waals surface area contributed by atoms with Crippen LogP contribution in [0.3, 0.4) is 0 Å². The van der Waals surface area contributed by atoms with Crippen molar-refractivity contribution < 1.29 is 0 Å². The van der Waals surface area contributed by atoms with E-state index < -0.39 is 0 Å². The molecule has 0 aromatic rings. The van der Waals surface area contributed by atoms with Crippen molar-refractivity contribution in [1.29, 1.82) is 0 Å². The summed E-state index contributed by atoms with van der Waals surface area (Å²) in [6.07, 6.45) is 0. The molecule has 0 unspecified atom stereocenters. The molecule has 0 rings (SSSR count). The smallest absolute Gasteiger partial charge is 0.0345 e. The highest BCUT2D eigenvalue weighted by Crippen LogP contribution is 2.38. The zero-order valence-corrected chi connectivity index (χ0v) is 8.58. The van der Waals surface area contributed by atoms with Crippen molar-refractivity contribution in [2.75, 3.05) is 0 Å². The second kappa shape index (κ2) is 2.56. The molecule has 0 radical (unpaired) electrons. The average Bonchev–Trinajstić information content (AvgIpc) is 1.59. The highest BCUT2D eigenvalue weighted by molar-refractivity contribution is 4.79. The van der Waals surface area contributed by atoms with E-state index in [-0.39, 0.29) is 0 Å². The number of rotatable bonds is 0. The largest absolute Gasteiger partial charge is 0.0615 e. The van der Waals surface area contributed by atoms with Gasteiger partial charge in [0.1, 0.15) is 0 Å². The lowest BCUT2D eigenvalue weighted by molar-refractivity contribution is 0.121. The van der Waals surface area contributed by atoms with Gasteiger partial charge in [0.2, 0.25) is 0 Å². The topological polar surface area (TPSA) is 0 Å².